The molecule has 0 amide bonds. The second-order valence-electron chi connectivity index (χ2n) is 4.05. The molecular formula is C12H13NO2S. The van der Waals surface area contributed by atoms with E-state index in [0.29, 0.717) is 10.8 Å². The Morgan fingerprint density at radius 2 is 2.00 bits per heavy atom. The topological polar surface area (TPSA) is 57.9 Å². The summed E-state index contributed by atoms with van der Waals surface area (Å²) in [5.41, 5.74) is 1.07. The zero-order valence-electron chi connectivity index (χ0n) is 9.05. The van der Waals surface area contributed by atoms with Gasteiger partial charge in [-0.2, -0.15) is 5.26 Å². The van der Waals surface area contributed by atoms with Crippen molar-refractivity contribution in [1.29, 1.82) is 5.26 Å². The molecule has 2 atom stereocenters. The predicted octanol–water partition coefficient (Wildman–Crippen LogP) is 2.11. The molecule has 0 heterocycles. The van der Waals surface area contributed by atoms with Crippen molar-refractivity contribution in [3.05, 3.63) is 29.8 Å². The fourth-order valence-corrected chi connectivity index (χ4v) is 2.68. The Balaban J connectivity index is 2.22. The lowest BCUT2D eigenvalue weighted by atomic mass is 10.1. The van der Waals surface area contributed by atoms with Gasteiger partial charge in [-0.25, -0.2) is 8.42 Å². The van der Waals surface area contributed by atoms with Crippen LogP contribution in [0, 0.1) is 17.2 Å². The summed E-state index contributed by atoms with van der Waals surface area (Å²) >= 11 is 0. The van der Waals surface area contributed by atoms with Gasteiger partial charge in [-0.05, 0) is 24.1 Å². The van der Waals surface area contributed by atoms with Crippen LogP contribution in [0.25, 0.3) is 0 Å². The van der Waals surface area contributed by atoms with Crippen LogP contribution in [0.2, 0.25) is 0 Å². The van der Waals surface area contributed by atoms with E-state index < -0.39 is 9.84 Å². The lowest BCUT2D eigenvalue weighted by Gasteiger charge is -2.02. The molecule has 1 aromatic carbocycles. The van der Waals surface area contributed by atoms with Crippen molar-refractivity contribution in [2.75, 3.05) is 5.75 Å². The highest BCUT2D eigenvalue weighted by Gasteiger charge is 2.38. The molecule has 0 radical (unpaired) electrons. The first-order valence-corrected chi connectivity index (χ1v) is 6.96. The van der Waals surface area contributed by atoms with Gasteiger partial charge < -0.3 is 0 Å². The van der Waals surface area contributed by atoms with Crippen LogP contribution in [-0.2, 0) is 9.84 Å². The van der Waals surface area contributed by atoms with Crippen molar-refractivity contribution >= 4 is 9.84 Å². The molecule has 1 fully saturated rings. The first kappa shape index (κ1) is 11.2. The monoisotopic (exact) mass is 235 g/mol. The van der Waals surface area contributed by atoms with Crippen molar-refractivity contribution in [2.24, 2.45) is 5.92 Å². The SMILES string of the molecule is CCS(=O)(=O)c1ccc(C2CC2C#N)cc1. The third-order valence-electron chi connectivity index (χ3n) is 3.00. The molecule has 4 heteroatoms. The maximum Gasteiger partial charge on any atom is 0.178 e. The number of nitrogens with zero attached hydrogens (tertiary/aromatic N) is 1. The van der Waals surface area contributed by atoms with E-state index in [4.69, 9.17) is 5.26 Å². The van der Waals surface area contributed by atoms with E-state index in [1.54, 1.807) is 19.1 Å². The van der Waals surface area contributed by atoms with Gasteiger partial charge in [0.1, 0.15) is 0 Å². The minimum Gasteiger partial charge on any atom is -0.224 e. The summed E-state index contributed by atoms with van der Waals surface area (Å²) < 4.78 is 23.1. The summed E-state index contributed by atoms with van der Waals surface area (Å²) in [6.07, 6.45) is 0.899. The second kappa shape index (κ2) is 3.91. The highest BCUT2D eigenvalue weighted by Crippen LogP contribution is 2.46. The van der Waals surface area contributed by atoms with Crippen LogP contribution in [0.4, 0.5) is 0 Å². The molecule has 0 bridgehead atoms. The summed E-state index contributed by atoms with van der Waals surface area (Å²) in [5.74, 6) is 0.549. The van der Waals surface area contributed by atoms with E-state index in [-0.39, 0.29) is 11.7 Å². The molecule has 16 heavy (non-hydrogen) atoms. The molecule has 0 N–H and O–H groups in total. The molecule has 3 nitrogen and oxygen atoms in total. The Hall–Kier alpha value is -1.34. The van der Waals surface area contributed by atoms with E-state index in [1.165, 1.54) is 0 Å². The van der Waals surface area contributed by atoms with Crippen molar-refractivity contribution in [3.63, 3.8) is 0 Å². The van der Waals surface area contributed by atoms with Crippen LogP contribution in [0.1, 0.15) is 24.8 Å². The Morgan fingerprint density at radius 1 is 1.38 bits per heavy atom. The van der Waals surface area contributed by atoms with Gasteiger partial charge in [-0.15, -0.1) is 0 Å². The Morgan fingerprint density at radius 3 is 2.44 bits per heavy atom. The summed E-state index contributed by atoms with van der Waals surface area (Å²) in [5, 5.41) is 8.71. The average Bonchev–Trinajstić information content (AvgIpc) is 3.08. The van der Waals surface area contributed by atoms with Crippen LogP contribution in [-0.4, -0.2) is 14.2 Å². The number of nitriles is 1. The highest BCUT2D eigenvalue weighted by molar-refractivity contribution is 7.91. The number of hydrogen-bond donors (Lipinski definition) is 0. The predicted molar refractivity (Wildman–Crippen MR) is 60.6 cm³/mol. The van der Waals surface area contributed by atoms with Crippen molar-refractivity contribution in [1.82, 2.24) is 0 Å². The fraction of sp³-hybridized carbons (Fsp3) is 0.417. The van der Waals surface area contributed by atoms with Gasteiger partial charge in [0, 0.05) is 5.92 Å². The van der Waals surface area contributed by atoms with E-state index >= 15 is 0 Å². The van der Waals surface area contributed by atoms with E-state index in [9.17, 15) is 8.42 Å². The maximum absolute atomic E-state index is 11.6. The summed E-state index contributed by atoms with van der Waals surface area (Å²) in [6.45, 7) is 1.63. The molecule has 0 saturated heterocycles. The van der Waals surface area contributed by atoms with Gasteiger partial charge in [-0.1, -0.05) is 19.1 Å². The lowest BCUT2D eigenvalue weighted by Crippen LogP contribution is -2.03. The molecule has 1 aliphatic rings. The van der Waals surface area contributed by atoms with E-state index in [0.717, 1.165) is 12.0 Å². The molecule has 0 aliphatic heterocycles. The number of sulfone groups is 1. The summed E-state index contributed by atoms with van der Waals surface area (Å²) in [6, 6.07) is 9.15. The van der Waals surface area contributed by atoms with Crippen LogP contribution >= 0.6 is 0 Å². The van der Waals surface area contributed by atoms with Crippen LogP contribution in [0.15, 0.2) is 29.2 Å². The fourth-order valence-electron chi connectivity index (χ4n) is 1.80. The third-order valence-corrected chi connectivity index (χ3v) is 4.75. The summed E-state index contributed by atoms with van der Waals surface area (Å²) in [4.78, 5) is 0.368. The Labute approximate surface area is 95.6 Å². The molecule has 1 aliphatic carbocycles. The second-order valence-corrected chi connectivity index (χ2v) is 6.33. The molecule has 1 aromatic rings. The van der Waals surface area contributed by atoms with Gasteiger partial charge in [0.05, 0.1) is 22.6 Å². The quantitative estimate of drug-likeness (QED) is 0.806. The van der Waals surface area contributed by atoms with Gasteiger partial charge in [0.25, 0.3) is 0 Å². The highest BCUT2D eigenvalue weighted by atomic mass is 32.2. The molecule has 2 rings (SSSR count). The van der Waals surface area contributed by atoms with Gasteiger partial charge in [0.15, 0.2) is 9.84 Å². The molecule has 84 valence electrons. The van der Waals surface area contributed by atoms with Gasteiger partial charge in [-0.3, -0.25) is 0 Å². The molecule has 0 aromatic heterocycles. The number of benzene rings is 1. The summed E-state index contributed by atoms with van der Waals surface area (Å²) in [7, 11) is -3.10. The third kappa shape index (κ3) is 1.96. The van der Waals surface area contributed by atoms with Gasteiger partial charge >= 0.3 is 0 Å². The van der Waals surface area contributed by atoms with Crippen LogP contribution in [0.3, 0.4) is 0 Å². The van der Waals surface area contributed by atoms with Crippen molar-refractivity contribution < 1.29 is 8.42 Å². The lowest BCUT2D eigenvalue weighted by molar-refractivity contribution is 0.597. The largest absolute Gasteiger partial charge is 0.224 e. The van der Waals surface area contributed by atoms with Crippen molar-refractivity contribution in [2.45, 2.75) is 24.2 Å². The van der Waals surface area contributed by atoms with Crippen molar-refractivity contribution in [3.8, 4) is 6.07 Å². The first-order valence-electron chi connectivity index (χ1n) is 5.31. The van der Waals surface area contributed by atoms with Crippen LogP contribution in [0.5, 0.6) is 0 Å². The standard InChI is InChI=1S/C12H13NO2S/c1-2-16(14,15)11-5-3-9(4-6-11)12-7-10(12)8-13/h3-6,10,12H,2,7H2,1H3. The van der Waals surface area contributed by atoms with Crippen LogP contribution < -0.4 is 0 Å². The Bertz CT molecular complexity index is 525. The molecule has 0 spiro atoms. The van der Waals surface area contributed by atoms with E-state index in [1.807, 2.05) is 12.1 Å². The number of rotatable bonds is 3. The Kier molecular flexibility index (Phi) is 2.73. The molecule has 1 saturated carbocycles. The zero-order chi connectivity index (χ0) is 11.8. The first-order chi connectivity index (χ1) is 7.58. The number of hydrogen-bond acceptors (Lipinski definition) is 3. The maximum atomic E-state index is 11.6. The zero-order valence-corrected chi connectivity index (χ0v) is 9.87. The minimum absolute atomic E-state index is 0.119. The molecule has 2 unspecified atom stereocenters. The smallest absolute Gasteiger partial charge is 0.178 e. The minimum atomic E-state index is -3.10. The molecular weight excluding hydrogens is 222 g/mol. The average molecular weight is 235 g/mol. The normalized spacial score (nSPS) is 23.8. The van der Waals surface area contributed by atoms with Gasteiger partial charge in [0.2, 0.25) is 0 Å². The van der Waals surface area contributed by atoms with E-state index in [2.05, 4.69) is 6.07 Å².